The Balaban J connectivity index is 2.30. The highest BCUT2D eigenvalue weighted by atomic mass is 16.1. The summed E-state index contributed by atoms with van der Waals surface area (Å²) in [5.74, 6) is 0.710. The minimum absolute atomic E-state index is 0.355. The van der Waals surface area contributed by atoms with Gasteiger partial charge in [0, 0.05) is 23.7 Å². The van der Waals surface area contributed by atoms with Crippen LogP contribution < -0.4 is 0 Å². The number of hydrogen-bond acceptors (Lipinski definition) is 2. The van der Waals surface area contributed by atoms with Crippen LogP contribution in [0.3, 0.4) is 0 Å². The molecule has 2 unspecified atom stereocenters. The van der Waals surface area contributed by atoms with Crippen molar-refractivity contribution < 1.29 is 9.59 Å². The van der Waals surface area contributed by atoms with Crippen LogP contribution in [0.4, 0.5) is 0 Å². The van der Waals surface area contributed by atoms with Crippen molar-refractivity contribution in [1.82, 2.24) is 0 Å². The minimum atomic E-state index is -0.415. The van der Waals surface area contributed by atoms with Crippen LogP contribution in [0.25, 0.3) is 0 Å². The van der Waals surface area contributed by atoms with E-state index in [1.54, 1.807) is 0 Å². The third-order valence-electron chi connectivity index (χ3n) is 6.11. The van der Waals surface area contributed by atoms with E-state index in [9.17, 15) is 9.59 Å². The van der Waals surface area contributed by atoms with Crippen molar-refractivity contribution in [2.75, 3.05) is 0 Å². The van der Waals surface area contributed by atoms with Gasteiger partial charge in [-0.3, -0.25) is 9.59 Å². The fraction of sp³-hybridized carbons (Fsp3) is 0.889. The standard InChI is InChI=1S/C18H30O2/c1-17(13-9-5-3-7-11-15(17)19)18(2)14-10-6-4-8-12-16(18)20/h3-14H2,1-2H3. The van der Waals surface area contributed by atoms with Gasteiger partial charge in [-0.15, -0.1) is 0 Å². The minimum Gasteiger partial charge on any atom is -0.299 e. The van der Waals surface area contributed by atoms with Gasteiger partial charge in [-0.1, -0.05) is 52.4 Å². The number of ketones is 2. The molecule has 2 aliphatic carbocycles. The van der Waals surface area contributed by atoms with Crippen molar-refractivity contribution in [3.8, 4) is 0 Å². The van der Waals surface area contributed by atoms with Gasteiger partial charge in [0.25, 0.3) is 0 Å². The van der Waals surface area contributed by atoms with E-state index in [-0.39, 0.29) is 0 Å². The summed E-state index contributed by atoms with van der Waals surface area (Å²) < 4.78 is 0. The predicted molar refractivity (Wildman–Crippen MR) is 81.6 cm³/mol. The van der Waals surface area contributed by atoms with Crippen molar-refractivity contribution in [2.24, 2.45) is 10.8 Å². The molecule has 20 heavy (non-hydrogen) atoms. The molecular formula is C18H30O2. The summed E-state index contributed by atoms with van der Waals surface area (Å²) in [7, 11) is 0. The third kappa shape index (κ3) is 2.84. The van der Waals surface area contributed by atoms with Gasteiger partial charge >= 0.3 is 0 Å². The van der Waals surface area contributed by atoms with Gasteiger partial charge in [0.1, 0.15) is 11.6 Å². The van der Waals surface area contributed by atoms with Gasteiger partial charge in [-0.2, -0.15) is 0 Å². The third-order valence-corrected chi connectivity index (χ3v) is 6.11. The lowest BCUT2D eigenvalue weighted by Gasteiger charge is -2.46. The Morgan fingerprint density at radius 3 is 1.35 bits per heavy atom. The molecule has 2 rings (SSSR count). The van der Waals surface area contributed by atoms with Crippen LogP contribution in [-0.2, 0) is 9.59 Å². The molecule has 0 aromatic heterocycles. The van der Waals surface area contributed by atoms with Crippen LogP contribution in [0.5, 0.6) is 0 Å². The molecule has 0 aliphatic heterocycles. The summed E-state index contributed by atoms with van der Waals surface area (Å²) in [6, 6.07) is 0. The van der Waals surface area contributed by atoms with Gasteiger partial charge in [-0.25, -0.2) is 0 Å². The van der Waals surface area contributed by atoms with E-state index in [1.165, 1.54) is 25.7 Å². The van der Waals surface area contributed by atoms with Crippen LogP contribution in [0.2, 0.25) is 0 Å². The Labute approximate surface area is 123 Å². The van der Waals surface area contributed by atoms with Crippen molar-refractivity contribution >= 4 is 11.6 Å². The number of hydrogen-bond donors (Lipinski definition) is 0. The zero-order valence-electron chi connectivity index (χ0n) is 13.3. The zero-order chi connectivity index (χ0) is 14.6. The first kappa shape index (κ1) is 15.7. The molecule has 2 atom stereocenters. The lowest BCUT2D eigenvalue weighted by atomic mass is 9.55. The first-order chi connectivity index (χ1) is 9.51. The smallest absolute Gasteiger partial charge is 0.139 e. The Kier molecular flexibility index (Phi) is 5.04. The van der Waals surface area contributed by atoms with Gasteiger partial charge in [0.2, 0.25) is 0 Å². The van der Waals surface area contributed by atoms with E-state index in [1.807, 2.05) is 0 Å². The Bertz CT molecular complexity index is 338. The maximum Gasteiger partial charge on any atom is 0.139 e. The molecule has 0 heterocycles. The quantitative estimate of drug-likeness (QED) is 0.687. The molecule has 0 N–H and O–H groups in total. The largest absolute Gasteiger partial charge is 0.299 e. The predicted octanol–water partition coefficient (Wildman–Crippen LogP) is 4.85. The molecule has 0 aromatic carbocycles. The summed E-state index contributed by atoms with van der Waals surface area (Å²) in [4.78, 5) is 25.6. The molecule has 2 fully saturated rings. The van der Waals surface area contributed by atoms with E-state index in [0.717, 1.165) is 38.5 Å². The van der Waals surface area contributed by atoms with E-state index in [4.69, 9.17) is 0 Å². The fourth-order valence-corrected chi connectivity index (χ4v) is 4.23. The van der Waals surface area contributed by atoms with E-state index in [0.29, 0.717) is 24.4 Å². The molecule has 2 saturated carbocycles. The first-order valence-corrected chi connectivity index (χ1v) is 8.57. The van der Waals surface area contributed by atoms with Gasteiger partial charge in [-0.05, 0) is 25.7 Å². The summed E-state index contributed by atoms with van der Waals surface area (Å²) in [5, 5.41) is 0. The molecule has 114 valence electrons. The van der Waals surface area contributed by atoms with Gasteiger partial charge < -0.3 is 0 Å². The average molecular weight is 278 g/mol. The molecule has 2 heteroatoms. The second kappa shape index (κ2) is 6.41. The SMILES string of the molecule is CC1(C2(C)CCCCCCC2=O)CCCCCCC1=O. The fourth-order valence-electron chi connectivity index (χ4n) is 4.23. The maximum absolute atomic E-state index is 12.8. The second-order valence-corrected chi connectivity index (χ2v) is 7.34. The normalized spacial score (nSPS) is 37.7. The van der Waals surface area contributed by atoms with Gasteiger partial charge in [0.05, 0.1) is 0 Å². The zero-order valence-corrected chi connectivity index (χ0v) is 13.3. The molecule has 0 radical (unpaired) electrons. The Morgan fingerprint density at radius 1 is 0.600 bits per heavy atom. The van der Waals surface area contributed by atoms with Crippen LogP contribution in [-0.4, -0.2) is 11.6 Å². The van der Waals surface area contributed by atoms with Crippen molar-refractivity contribution in [1.29, 1.82) is 0 Å². The number of rotatable bonds is 1. The molecule has 0 spiro atoms. The Morgan fingerprint density at radius 2 is 0.950 bits per heavy atom. The van der Waals surface area contributed by atoms with E-state index in [2.05, 4.69) is 13.8 Å². The van der Waals surface area contributed by atoms with E-state index >= 15 is 0 Å². The van der Waals surface area contributed by atoms with Crippen LogP contribution in [0.15, 0.2) is 0 Å². The second-order valence-electron chi connectivity index (χ2n) is 7.34. The number of carbonyl (C=O) groups is 2. The molecule has 0 saturated heterocycles. The summed E-state index contributed by atoms with van der Waals surface area (Å²) in [5.41, 5.74) is -0.830. The summed E-state index contributed by atoms with van der Waals surface area (Å²) in [6.45, 7) is 4.19. The summed E-state index contributed by atoms with van der Waals surface area (Å²) >= 11 is 0. The lowest BCUT2D eigenvalue weighted by molar-refractivity contribution is -0.150. The highest BCUT2D eigenvalue weighted by molar-refractivity contribution is 5.95. The molecular weight excluding hydrogens is 248 g/mol. The molecule has 2 nitrogen and oxygen atoms in total. The average Bonchev–Trinajstić information content (AvgIpc) is 2.41. The van der Waals surface area contributed by atoms with Crippen molar-refractivity contribution in [2.45, 2.75) is 90.9 Å². The maximum atomic E-state index is 12.8. The lowest BCUT2D eigenvalue weighted by Crippen LogP contribution is -2.49. The van der Waals surface area contributed by atoms with Crippen molar-refractivity contribution in [3.05, 3.63) is 0 Å². The highest BCUT2D eigenvalue weighted by Crippen LogP contribution is 2.51. The van der Waals surface area contributed by atoms with Crippen molar-refractivity contribution in [3.63, 3.8) is 0 Å². The molecule has 2 aliphatic rings. The van der Waals surface area contributed by atoms with Crippen LogP contribution in [0.1, 0.15) is 90.9 Å². The van der Waals surface area contributed by atoms with Crippen LogP contribution >= 0.6 is 0 Å². The number of Topliss-reactive ketones (excluding diaryl/α,β-unsaturated/α-hetero) is 2. The summed E-state index contributed by atoms with van der Waals surface area (Å²) in [6.07, 6.45) is 12.2. The molecule has 0 amide bonds. The number of carbonyl (C=O) groups excluding carboxylic acids is 2. The monoisotopic (exact) mass is 278 g/mol. The topological polar surface area (TPSA) is 34.1 Å². The molecule has 0 aromatic rings. The van der Waals surface area contributed by atoms with Crippen LogP contribution in [0, 0.1) is 10.8 Å². The van der Waals surface area contributed by atoms with E-state index < -0.39 is 10.8 Å². The van der Waals surface area contributed by atoms with Gasteiger partial charge in [0.15, 0.2) is 0 Å². The first-order valence-electron chi connectivity index (χ1n) is 8.57. The molecule has 0 bridgehead atoms. The highest BCUT2D eigenvalue weighted by Gasteiger charge is 2.52. The Hall–Kier alpha value is -0.660.